The van der Waals surface area contributed by atoms with E-state index < -0.39 is 0 Å². The van der Waals surface area contributed by atoms with Gasteiger partial charge in [0, 0.05) is 15.9 Å². The van der Waals surface area contributed by atoms with Gasteiger partial charge in [-0.3, -0.25) is 0 Å². The van der Waals surface area contributed by atoms with Crippen molar-refractivity contribution in [2.75, 3.05) is 0 Å². The SMILES string of the molecule is CCC(N)C(Oc1cccc(Cl)c1)c1ccc(Cl)s1. The third kappa shape index (κ3) is 3.86. The molecule has 0 saturated carbocycles. The second-order valence-electron chi connectivity index (χ2n) is 4.21. The van der Waals surface area contributed by atoms with Gasteiger partial charge >= 0.3 is 0 Å². The maximum Gasteiger partial charge on any atom is 0.148 e. The van der Waals surface area contributed by atoms with Crippen LogP contribution in [0.4, 0.5) is 0 Å². The van der Waals surface area contributed by atoms with Gasteiger partial charge in [0.2, 0.25) is 0 Å². The number of rotatable bonds is 5. The number of thiophene rings is 1. The van der Waals surface area contributed by atoms with Crippen LogP contribution in [0.15, 0.2) is 36.4 Å². The average Bonchev–Trinajstić information content (AvgIpc) is 2.81. The average molecular weight is 316 g/mol. The van der Waals surface area contributed by atoms with E-state index in [9.17, 15) is 0 Å². The minimum atomic E-state index is -0.207. The Kier molecular flexibility index (Phi) is 5.11. The first kappa shape index (κ1) is 14.7. The fraction of sp³-hybridized carbons (Fsp3) is 0.286. The summed E-state index contributed by atoms with van der Waals surface area (Å²) in [6.07, 6.45) is 0.613. The summed E-state index contributed by atoms with van der Waals surface area (Å²) in [5.41, 5.74) is 6.15. The summed E-state index contributed by atoms with van der Waals surface area (Å²) < 4.78 is 6.72. The zero-order chi connectivity index (χ0) is 13.8. The molecule has 0 spiro atoms. The molecule has 1 heterocycles. The second-order valence-corrected chi connectivity index (χ2v) is 6.39. The van der Waals surface area contributed by atoms with Gasteiger partial charge in [0.15, 0.2) is 0 Å². The molecule has 0 saturated heterocycles. The Morgan fingerprint density at radius 2 is 2.05 bits per heavy atom. The largest absolute Gasteiger partial charge is 0.483 e. The van der Waals surface area contributed by atoms with Gasteiger partial charge in [0.25, 0.3) is 0 Å². The first-order valence-corrected chi connectivity index (χ1v) is 7.60. The Morgan fingerprint density at radius 3 is 2.63 bits per heavy atom. The van der Waals surface area contributed by atoms with Crippen LogP contribution in [0.2, 0.25) is 9.36 Å². The van der Waals surface area contributed by atoms with Crippen molar-refractivity contribution in [2.45, 2.75) is 25.5 Å². The molecule has 2 atom stereocenters. The van der Waals surface area contributed by atoms with E-state index in [2.05, 4.69) is 0 Å². The molecule has 2 nitrogen and oxygen atoms in total. The van der Waals surface area contributed by atoms with E-state index in [-0.39, 0.29) is 12.1 Å². The van der Waals surface area contributed by atoms with Crippen molar-refractivity contribution < 1.29 is 4.74 Å². The first-order valence-electron chi connectivity index (χ1n) is 6.03. The van der Waals surface area contributed by atoms with Crippen molar-refractivity contribution in [1.29, 1.82) is 0 Å². The second kappa shape index (κ2) is 6.62. The Hall–Kier alpha value is -0.740. The molecule has 0 aliphatic heterocycles. The highest BCUT2D eigenvalue weighted by Crippen LogP contribution is 2.33. The molecule has 0 bridgehead atoms. The highest BCUT2D eigenvalue weighted by Gasteiger charge is 2.22. The van der Waals surface area contributed by atoms with Gasteiger partial charge < -0.3 is 10.5 Å². The predicted octanol–water partition coefficient (Wildman–Crippen LogP) is 4.91. The summed E-state index contributed by atoms with van der Waals surface area (Å²) in [5.74, 6) is 0.714. The minimum absolute atomic E-state index is 0.0892. The van der Waals surface area contributed by atoms with Crippen molar-refractivity contribution in [2.24, 2.45) is 5.73 Å². The maximum absolute atomic E-state index is 6.15. The molecule has 0 fully saturated rings. The summed E-state index contributed by atoms with van der Waals surface area (Å²) in [7, 11) is 0. The van der Waals surface area contributed by atoms with Crippen LogP contribution in [0.5, 0.6) is 5.75 Å². The van der Waals surface area contributed by atoms with Crippen molar-refractivity contribution in [3.8, 4) is 5.75 Å². The van der Waals surface area contributed by atoms with Gasteiger partial charge in [0.05, 0.1) is 4.34 Å². The van der Waals surface area contributed by atoms with Crippen LogP contribution in [0.3, 0.4) is 0 Å². The summed E-state index contributed by atoms with van der Waals surface area (Å²) in [6.45, 7) is 2.04. The van der Waals surface area contributed by atoms with Crippen molar-refractivity contribution in [1.82, 2.24) is 0 Å². The zero-order valence-electron chi connectivity index (χ0n) is 10.5. The molecule has 102 valence electrons. The van der Waals surface area contributed by atoms with E-state index >= 15 is 0 Å². The lowest BCUT2D eigenvalue weighted by atomic mass is 10.1. The van der Waals surface area contributed by atoms with E-state index in [1.54, 1.807) is 6.07 Å². The molecule has 1 aromatic heterocycles. The maximum atomic E-state index is 6.15. The quantitative estimate of drug-likeness (QED) is 0.850. The van der Waals surface area contributed by atoms with Crippen LogP contribution in [-0.4, -0.2) is 6.04 Å². The lowest BCUT2D eigenvalue weighted by Crippen LogP contribution is -2.30. The summed E-state index contributed by atoms with van der Waals surface area (Å²) in [4.78, 5) is 1.03. The molecule has 0 amide bonds. The number of halogens is 2. The van der Waals surface area contributed by atoms with Crippen LogP contribution in [-0.2, 0) is 0 Å². The Labute approximate surface area is 127 Å². The van der Waals surface area contributed by atoms with E-state index in [0.717, 1.165) is 15.6 Å². The van der Waals surface area contributed by atoms with E-state index in [1.807, 2.05) is 37.3 Å². The van der Waals surface area contributed by atoms with Crippen LogP contribution in [0.25, 0.3) is 0 Å². The van der Waals surface area contributed by atoms with Crippen molar-refractivity contribution in [3.05, 3.63) is 50.6 Å². The molecular formula is C14H15Cl2NOS. The highest BCUT2D eigenvalue weighted by molar-refractivity contribution is 7.16. The topological polar surface area (TPSA) is 35.2 Å². The van der Waals surface area contributed by atoms with Gasteiger partial charge in [-0.2, -0.15) is 0 Å². The van der Waals surface area contributed by atoms with Crippen LogP contribution in [0.1, 0.15) is 24.3 Å². The normalized spacial score (nSPS) is 14.1. The van der Waals surface area contributed by atoms with Crippen LogP contribution < -0.4 is 10.5 Å². The molecule has 2 rings (SSSR count). The lowest BCUT2D eigenvalue weighted by Gasteiger charge is -2.23. The summed E-state index contributed by atoms with van der Waals surface area (Å²) in [5, 5.41) is 0.644. The number of ether oxygens (including phenoxy) is 1. The molecule has 1 aromatic carbocycles. The fourth-order valence-electron chi connectivity index (χ4n) is 1.74. The van der Waals surface area contributed by atoms with Gasteiger partial charge in [-0.25, -0.2) is 0 Å². The molecule has 2 aromatic rings. The molecule has 0 radical (unpaired) electrons. The Bertz CT molecular complexity index is 544. The highest BCUT2D eigenvalue weighted by atomic mass is 35.5. The molecular weight excluding hydrogens is 301 g/mol. The number of hydrogen-bond donors (Lipinski definition) is 1. The molecule has 2 unspecified atom stereocenters. The smallest absolute Gasteiger partial charge is 0.148 e. The predicted molar refractivity (Wildman–Crippen MR) is 82.4 cm³/mol. The molecule has 0 aliphatic rings. The Morgan fingerprint density at radius 1 is 1.26 bits per heavy atom. The monoisotopic (exact) mass is 315 g/mol. The van der Waals surface area contributed by atoms with Gasteiger partial charge in [-0.15, -0.1) is 11.3 Å². The molecule has 5 heteroatoms. The van der Waals surface area contributed by atoms with E-state index in [4.69, 9.17) is 33.7 Å². The standard InChI is InChI=1S/C14H15Cl2NOS/c1-2-11(17)14(12-6-7-13(16)19-12)18-10-5-3-4-9(15)8-10/h3-8,11,14H,2,17H2,1H3. The Balaban J connectivity index is 2.24. The number of nitrogens with two attached hydrogens (primary N) is 1. The molecule has 2 N–H and O–H groups in total. The zero-order valence-corrected chi connectivity index (χ0v) is 12.8. The minimum Gasteiger partial charge on any atom is -0.483 e. The summed E-state index contributed by atoms with van der Waals surface area (Å²) in [6, 6.07) is 11.0. The third-order valence-electron chi connectivity index (χ3n) is 2.79. The van der Waals surface area contributed by atoms with Crippen LogP contribution in [0, 0.1) is 0 Å². The summed E-state index contributed by atoms with van der Waals surface area (Å²) >= 11 is 13.4. The van der Waals surface area contributed by atoms with Gasteiger partial charge in [-0.05, 0) is 36.8 Å². The third-order valence-corrected chi connectivity index (χ3v) is 4.32. The van der Waals surface area contributed by atoms with E-state index in [0.29, 0.717) is 10.8 Å². The first-order chi connectivity index (χ1) is 9.10. The fourth-order valence-corrected chi connectivity index (χ4v) is 3.09. The molecule has 0 aliphatic carbocycles. The lowest BCUT2D eigenvalue weighted by molar-refractivity contribution is 0.174. The number of hydrogen-bond acceptors (Lipinski definition) is 3. The van der Waals surface area contributed by atoms with Gasteiger partial charge in [-0.1, -0.05) is 36.2 Å². The van der Waals surface area contributed by atoms with Gasteiger partial charge in [0.1, 0.15) is 11.9 Å². The van der Waals surface area contributed by atoms with Crippen molar-refractivity contribution >= 4 is 34.5 Å². The van der Waals surface area contributed by atoms with Crippen molar-refractivity contribution in [3.63, 3.8) is 0 Å². The molecule has 19 heavy (non-hydrogen) atoms. The van der Waals surface area contributed by atoms with Crippen LogP contribution >= 0.6 is 34.5 Å². The number of benzene rings is 1. The van der Waals surface area contributed by atoms with E-state index in [1.165, 1.54) is 11.3 Å².